The standard InChI is InChI=1S/C30H33F3N2O2.ClH/c1-28(23-9-4-2-5-10-23,24-11-6-3-7-12-24)17-8-20-34-27(36)35-21-18-29(37,19-22-35)25-13-15-26(16-14-25)30(31,32)33;/h2-7,9-16,37H,8,17-22H2,1H3,(H,34,36);1H. The van der Waals surface area contributed by atoms with Gasteiger partial charge in [0.25, 0.3) is 0 Å². The zero-order chi connectivity index (χ0) is 26.5. The highest BCUT2D eigenvalue weighted by Crippen LogP contribution is 2.37. The maximum atomic E-state index is 12.8. The van der Waals surface area contributed by atoms with Gasteiger partial charge >= 0.3 is 12.2 Å². The number of carbonyl (C=O) groups is 1. The summed E-state index contributed by atoms with van der Waals surface area (Å²) in [7, 11) is 0. The first-order valence-electron chi connectivity index (χ1n) is 12.7. The van der Waals surface area contributed by atoms with E-state index in [1.165, 1.54) is 23.3 Å². The van der Waals surface area contributed by atoms with E-state index in [9.17, 15) is 23.1 Å². The van der Waals surface area contributed by atoms with Crippen LogP contribution >= 0.6 is 12.4 Å². The van der Waals surface area contributed by atoms with Crippen molar-refractivity contribution < 1.29 is 23.1 Å². The Hall–Kier alpha value is -3.03. The van der Waals surface area contributed by atoms with Crippen LogP contribution in [-0.2, 0) is 17.2 Å². The van der Waals surface area contributed by atoms with E-state index in [1.807, 2.05) is 36.4 Å². The van der Waals surface area contributed by atoms with Crippen LogP contribution in [-0.4, -0.2) is 35.7 Å². The summed E-state index contributed by atoms with van der Waals surface area (Å²) in [5.41, 5.74) is 0.733. The van der Waals surface area contributed by atoms with Gasteiger partial charge in [-0.3, -0.25) is 0 Å². The van der Waals surface area contributed by atoms with Crippen molar-refractivity contribution in [1.29, 1.82) is 0 Å². The Bertz CT molecular complexity index is 1120. The molecule has 3 aromatic rings. The number of carbonyl (C=O) groups excluding carboxylic acids is 1. The highest BCUT2D eigenvalue weighted by Gasteiger charge is 2.37. The van der Waals surface area contributed by atoms with Crippen molar-refractivity contribution in [1.82, 2.24) is 10.2 Å². The van der Waals surface area contributed by atoms with Gasteiger partial charge in [0, 0.05) is 25.0 Å². The third-order valence-corrected chi connectivity index (χ3v) is 7.58. The smallest absolute Gasteiger partial charge is 0.385 e. The molecule has 38 heavy (non-hydrogen) atoms. The van der Waals surface area contributed by atoms with Gasteiger partial charge in [-0.05, 0) is 54.5 Å². The second-order valence-corrected chi connectivity index (χ2v) is 9.99. The summed E-state index contributed by atoms with van der Waals surface area (Å²) in [5, 5.41) is 14.0. The van der Waals surface area contributed by atoms with E-state index in [2.05, 4.69) is 36.5 Å². The molecular weight excluding hydrogens is 513 g/mol. The lowest BCUT2D eigenvalue weighted by atomic mass is 9.73. The number of nitrogens with zero attached hydrogens (tertiary/aromatic N) is 1. The van der Waals surface area contributed by atoms with Gasteiger partial charge < -0.3 is 15.3 Å². The average Bonchev–Trinajstić information content (AvgIpc) is 2.92. The molecule has 0 spiro atoms. The number of alkyl halides is 3. The zero-order valence-electron chi connectivity index (χ0n) is 21.4. The molecule has 2 N–H and O–H groups in total. The normalized spacial score (nSPS) is 15.4. The molecule has 4 nitrogen and oxygen atoms in total. The van der Waals surface area contributed by atoms with Crippen LogP contribution < -0.4 is 5.32 Å². The molecule has 1 aliphatic heterocycles. The van der Waals surface area contributed by atoms with Gasteiger partial charge in [-0.25, -0.2) is 4.79 Å². The van der Waals surface area contributed by atoms with Crippen molar-refractivity contribution in [2.75, 3.05) is 19.6 Å². The van der Waals surface area contributed by atoms with E-state index >= 15 is 0 Å². The Morgan fingerprint density at radius 3 is 1.84 bits per heavy atom. The first-order valence-corrected chi connectivity index (χ1v) is 12.7. The summed E-state index contributed by atoms with van der Waals surface area (Å²) in [6, 6.07) is 25.2. The number of piperidine rings is 1. The van der Waals surface area contributed by atoms with Gasteiger partial charge in [0.05, 0.1) is 11.2 Å². The van der Waals surface area contributed by atoms with Crippen molar-refractivity contribution in [3.8, 4) is 0 Å². The predicted molar refractivity (Wildman–Crippen MR) is 145 cm³/mol. The molecule has 0 radical (unpaired) electrons. The Morgan fingerprint density at radius 2 is 1.37 bits per heavy atom. The van der Waals surface area contributed by atoms with Crippen LogP contribution in [0.25, 0.3) is 0 Å². The van der Waals surface area contributed by atoms with Crippen LogP contribution in [0.5, 0.6) is 0 Å². The molecule has 1 fully saturated rings. The molecule has 0 atom stereocenters. The fraction of sp³-hybridized carbons (Fsp3) is 0.367. The molecule has 1 heterocycles. The summed E-state index contributed by atoms with van der Waals surface area (Å²) < 4.78 is 38.5. The number of benzene rings is 3. The van der Waals surface area contributed by atoms with Gasteiger partial charge in [0.1, 0.15) is 0 Å². The Kier molecular flexibility index (Phi) is 9.49. The third-order valence-electron chi connectivity index (χ3n) is 7.58. The molecule has 0 aromatic heterocycles. The number of urea groups is 1. The van der Waals surface area contributed by atoms with Crippen LogP contribution in [0.3, 0.4) is 0 Å². The average molecular weight is 547 g/mol. The minimum atomic E-state index is -4.41. The number of nitrogens with one attached hydrogen (secondary N) is 1. The lowest BCUT2D eigenvalue weighted by Crippen LogP contribution is -2.49. The Labute approximate surface area is 228 Å². The van der Waals surface area contributed by atoms with E-state index in [0.29, 0.717) is 25.2 Å². The number of rotatable bonds is 7. The van der Waals surface area contributed by atoms with Gasteiger partial charge in [0.15, 0.2) is 0 Å². The predicted octanol–water partition coefficient (Wildman–Crippen LogP) is 6.91. The second kappa shape index (κ2) is 12.2. The highest BCUT2D eigenvalue weighted by molar-refractivity contribution is 5.85. The summed E-state index contributed by atoms with van der Waals surface area (Å²) >= 11 is 0. The van der Waals surface area contributed by atoms with E-state index in [4.69, 9.17) is 0 Å². The molecule has 1 aliphatic rings. The number of halogens is 4. The summed E-state index contributed by atoms with van der Waals surface area (Å²) in [6.07, 6.45) is -2.23. The van der Waals surface area contributed by atoms with Crippen LogP contribution in [0.15, 0.2) is 84.9 Å². The number of hydrogen-bond acceptors (Lipinski definition) is 2. The highest BCUT2D eigenvalue weighted by atomic mass is 35.5. The van der Waals surface area contributed by atoms with Crippen molar-refractivity contribution in [3.05, 3.63) is 107 Å². The van der Waals surface area contributed by atoms with Crippen molar-refractivity contribution in [2.45, 2.75) is 49.8 Å². The van der Waals surface area contributed by atoms with E-state index in [0.717, 1.165) is 25.0 Å². The largest absolute Gasteiger partial charge is 0.416 e. The zero-order valence-corrected chi connectivity index (χ0v) is 22.2. The fourth-order valence-corrected chi connectivity index (χ4v) is 5.15. The summed E-state index contributed by atoms with van der Waals surface area (Å²) in [5.74, 6) is 0. The number of hydrogen-bond donors (Lipinski definition) is 2. The molecule has 4 rings (SSSR count). The minimum absolute atomic E-state index is 0. The molecule has 0 aliphatic carbocycles. The van der Waals surface area contributed by atoms with Gasteiger partial charge in [-0.1, -0.05) is 79.7 Å². The quantitative estimate of drug-likeness (QED) is 0.316. The minimum Gasteiger partial charge on any atom is -0.385 e. The van der Waals surface area contributed by atoms with E-state index in [-0.39, 0.29) is 36.7 Å². The molecule has 8 heteroatoms. The molecule has 1 saturated heterocycles. The monoisotopic (exact) mass is 546 g/mol. The van der Waals surface area contributed by atoms with Crippen LogP contribution in [0.1, 0.15) is 54.9 Å². The molecular formula is C30H34ClF3N2O2. The fourth-order valence-electron chi connectivity index (χ4n) is 5.15. The molecule has 3 aromatic carbocycles. The number of aliphatic hydroxyl groups is 1. The molecule has 0 saturated carbocycles. The van der Waals surface area contributed by atoms with Crippen LogP contribution in [0, 0.1) is 0 Å². The molecule has 204 valence electrons. The first-order chi connectivity index (χ1) is 17.6. The number of likely N-dealkylation sites (tertiary alicyclic amines) is 1. The molecule has 0 unspecified atom stereocenters. The van der Waals surface area contributed by atoms with Gasteiger partial charge in [0.2, 0.25) is 0 Å². The van der Waals surface area contributed by atoms with Crippen LogP contribution in [0.2, 0.25) is 0 Å². The van der Waals surface area contributed by atoms with E-state index < -0.39 is 17.3 Å². The maximum Gasteiger partial charge on any atom is 0.416 e. The molecule has 2 amide bonds. The SMILES string of the molecule is CC(CCCNC(=O)N1CCC(O)(c2ccc(C(F)(F)F)cc2)CC1)(c1ccccc1)c1ccccc1.Cl. The van der Waals surface area contributed by atoms with Gasteiger partial charge in [-0.2, -0.15) is 13.2 Å². The first kappa shape index (κ1) is 29.5. The Balaban J connectivity index is 0.00000400. The number of amides is 2. The second-order valence-electron chi connectivity index (χ2n) is 9.99. The van der Waals surface area contributed by atoms with Crippen molar-refractivity contribution >= 4 is 18.4 Å². The summed E-state index contributed by atoms with van der Waals surface area (Å²) in [6.45, 7) is 3.41. The van der Waals surface area contributed by atoms with Crippen molar-refractivity contribution in [2.24, 2.45) is 0 Å². The van der Waals surface area contributed by atoms with Crippen molar-refractivity contribution in [3.63, 3.8) is 0 Å². The van der Waals surface area contributed by atoms with E-state index in [1.54, 1.807) is 4.90 Å². The third kappa shape index (κ3) is 6.69. The topological polar surface area (TPSA) is 52.6 Å². The lowest BCUT2D eigenvalue weighted by molar-refractivity contribution is -0.137. The van der Waals surface area contributed by atoms with Gasteiger partial charge in [-0.15, -0.1) is 12.4 Å². The lowest BCUT2D eigenvalue weighted by Gasteiger charge is -2.38. The van der Waals surface area contributed by atoms with Crippen LogP contribution in [0.4, 0.5) is 18.0 Å². The Morgan fingerprint density at radius 1 is 0.868 bits per heavy atom. The summed E-state index contributed by atoms with van der Waals surface area (Å²) in [4.78, 5) is 14.4. The maximum absolute atomic E-state index is 12.8. The molecule has 0 bridgehead atoms.